The summed E-state index contributed by atoms with van der Waals surface area (Å²) in [5.41, 5.74) is 2.18. The fourth-order valence-electron chi connectivity index (χ4n) is 3.29. The number of likely N-dealkylation sites (tertiary alicyclic amines) is 1. The molecule has 2 aromatic rings. The third-order valence-corrected chi connectivity index (χ3v) is 5.67. The van der Waals surface area contributed by atoms with E-state index in [-0.39, 0.29) is 11.9 Å². The number of aromatic nitrogens is 1. The first-order valence-corrected chi connectivity index (χ1v) is 9.86. The minimum absolute atomic E-state index is 0.0385. The summed E-state index contributed by atoms with van der Waals surface area (Å²) in [5, 5.41) is 4.27. The van der Waals surface area contributed by atoms with Crippen molar-refractivity contribution in [1.82, 2.24) is 15.2 Å². The topological polar surface area (TPSA) is 45.2 Å². The molecule has 134 valence electrons. The fourth-order valence-corrected chi connectivity index (χ4v) is 4.47. The second-order valence-electron chi connectivity index (χ2n) is 7.30. The van der Waals surface area contributed by atoms with Crippen LogP contribution in [0.1, 0.15) is 46.2 Å². The van der Waals surface area contributed by atoms with Crippen molar-refractivity contribution in [2.45, 2.75) is 46.2 Å². The number of hydrogen-bond donors (Lipinski definition) is 1. The Morgan fingerprint density at radius 1 is 1.36 bits per heavy atom. The first-order valence-electron chi connectivity index (χ1n) is 9.04. The molecule has 3 rings (SSSR count). The number of nitrogens with zero attached hydrogens (tertiary/aromatic N) is 2. The predicted molar refractivity (Wildman–Crippen MR) is 103 cm³/mol. The largest absolute Gasteiger partial charge is 0.347 e. The quantitative estimate of drug-likeness (QED) is 0.858. The number of nitrogens with one attached hydrogen (secondary N) is 1. The van der Waals surface area contributed by atoms with E-state index in [0.717, 1.165) is 48.1 Å². The Labute approximate surface area is 154 Å². The summed E-state index contributed by atoms with van der Waals surface area (Å²) in [5.74, 6) is 0.597. The van der Waals surface area contributed by atoms with Crippen molar-refractivity contribution >= 4 is 17.2 Å². The van der Waals surface area contributed by atoms with Crippen LogP contribution in [-0.4, -0.2) is 34.9 Å². The molecule has 1 saturated heterocycles. The summed E-state index contributed by atoms with van der Waals surface area (Å²) in [7, 11) is 0. The van der Waals surface area contributed by atoms with Crippen molar-refractivity contribution in [3.63, 3.8) is 0 Å². The maximum atomic E-state index is 12.6. The lowest BCUT2D eigenvalue weighted by molar-refractivity contribution is 0.0941. The van der Waals surface area contributed by atoms with Crippen LogP contribution in [0.3, 0.4) is 0 Å². The highest BCUT2D eigenvalue weighted by molar-refractivity contribution is 7.13. The molecule has 25 heavy (non-hydrogen) atoms. The van der Waals surface area contributed by atoms with Gasteiger partial charge in [0, 0.05) is 32.1 Å². The van der Waals surface area contributed by atoms with Crippen molar-refractivity contribution in [3.8, 4) is 0 Å². The highest BCUT2D eigenvalue weighted by atomic mass is 32.1. The molecule has 1 atom stereocenters. The standard InChI is InChI=1S/C20H27N3OS/c1-14(2)11-18-21-15(3)19(25-18)20(24)22-17-9-10-23(13-17)12-16-7-5-4-6-8-16/h4-8,14,17H,9-13H2,1-3H3,(H,22,24). The maximum Gasteiger partial charge on any atom is 0.263 e. The molecule has 0 spiro atoms. The van der Waals surface area contributed by atoms with Crippen LogP contribution in [0, 0.1) is 12.8 Å². The molecule has 1 aromatic carbocycles. The Bertz CT molecular complexity index is 711. The minimum Gasteiger partial charge on any atom is -0.347 e. The summed E-state index contributed by atoms with van der Waals surface area (Å²) in [6.45, 7) is 9.18. The third kappa shape index (κ3) is 4.89. The van der Waals surface area contributed by atoms with Gasteiger partial charge in [-0.1, -0.05) is 44.2 Å². The summed E-state index contributed by atoms with van der Waals surface area (Å²) in [6.07, 6.45) is 1.95. The summed E-state index contributed by atoms with van der Waals surface area (Å²) in [4.78, 5) is 20.4. The van der Waals surface area contributed by atoms with E-state index in [9.17, 15) is 4.79 Å². The SMILES string of the molecule is Cc1nc(CC(C)C)sc1C(=O)NC1CCN(Cc2ccccc2)C1. The van der Waals surface area contributed by atoms with E-state index in [0.29, 0.717) is 5.92 Å². The Kier molecular flexibility index (Phi) is 5.86. The average molecular weight is 358 g/mol. The first-order chi connectivity index (χ1) is 12.0. The van der Waals surface area contributed by atoms with Gasteiger partial charge in [-0.3, -0.25) is 9.69 Å². The van der Waals surface area contributed by atoms with Crippen LogP contribution in [0.15, 0.2) is 30.3 Å². The van der Waals surface area contributed by atoms with Gasteiger partial charge in [0.15, 0.2) is 0 Å². The molecule has 1 aliphatic heterocycles. The molecule has 1 unspecified atom stereocenters. The van der Waals surface area contributed by atoms with Crippen LogP contribution in [0.2, 0.25) is 0 Å². The molecule has 4 nitrogen and oxygen atoms in total. The molecule has 1 amide bonds. The van der Waals surface area contributed by atoms with Gasteiger partial charge in [0.25, 0.3) is 5.91 Å². The number of aryl methyl sites for hydroxylation is 1. The maximum absolute atomic E-state index is 12.6. The molecule has 1 N–H and O–H groups in total. The number of carbonyl (C=O) groups is 1. The number of benzene rings is 1. The Morgan fingerprint density at radius 3 is 2.84 bits per heavy atom. The van der Waals surface area contributed by atoms with Crippen molar-refractivity contribution in [2.24, 2.45) is 5.92 Å². The van der Waals surface area contributed by atoms with Gasteiger partial charge in [-0.05, 0) is 24.8 Å². The zero-order valence-electron chi connectivity index (χ0n) is 15.3. The van der Waals surface area contributed by atoms with Gasteiger partial charge in [0.05, 0.1) is 10.7 Å². The third-order valence-electron chi connectivity index (χ3n) is 4.49. The van der Waals surface area contributed by atoms with Crippen LogP contribution in [-0.2, 0) is 13.0 Å². The average Bonchev–Trinajstić information content (AvgIpc) is 3.14. The number of rotatable bonds is 6. The Hall–Kier alpha value is -1.72. The lowest BCUT2D eigenvalue weighted by Crippen LogP contribution is -2.36. The lowest BCUT2D eigenvalue weighted by atomic mass is 10.1. The van der Waals surface area contributed by atoms with Gasteiger partial charge in [-0.15, -0.1) is 11.3 Å². The van der Waals surface area contributed by atoms with Crippen molar-refractivity contribution in [1.29, 1.82) is 0 Å². The highest BCUT2D eigenvalue weighted by Gasteiger charge is 2.25. The van der Waals surface area contributed by atoms with E-state index >= 15 is 0 Å². The minimum atomic E-state index is 0.0385. The van der Waals surface area contributed by atoms with E-state index in [1.807, 2.05) is 13.0 Å². The molecule has 5 heteroatoms. The number of hydrogen-bond acceptors (Lipinski definition) is 4. The van der Waals surface area contributed by atoms with Gasteiger partial charge < -0.3 is 5.32 Å². The van der Waals surface area contributed by atoms with Crippen LogP contribution in [0.25, 0.3) is 0 Å². The van der Waals surface area contributed by atoms with E-state index in [1.54, 1.807) is 11.3 Å². The van der Waals surface area contributed by atoms with Gasteiger partial charge in [0.1, 0.15) is 4.88 Å². The second kappa shape index (κ2) is 8.11. The predicted octanol–water partition coefficient (Wildman–Crippen LogP) is 3.65. The molecule has 1 fully saturated rings. The molecule has 0 radical (unpaired) electrons. The molecule has 0 aliphatic carbocycles. The monoisotopic (exact) mass is 357 g/mol. The van der Waals surface area contributed by atoms with E-state index in [4.69, 9.17) is 0 Å². The smallest absolute Gasteiger partial charge is 0.263 e. The van der Waals surface area contributed by atoms with E-state index < -0.39 is 0 Å². The van der Waals surface area contributed by atoms with E-state index in [1.165, 1.54) is 5.56 Å². The fraction of sp³-hybridized carbons (Fsp3) is 0.500. The first kappa shape index (κ1) is 18.1. The molecule has 1 aliphatic rings. The Morgan fingerprint density at radius 2 is 2.12 bits per heavy atom. The number of carbonyl (C=O) groups excluding carboxylic acids is 1. The van der Waals surface area contributed by atoms with Gasteiger partial charge in [0.2, 0.25) is 0 Å². The summed E-state index contributed by atoms with van der Waals surface area (Å²) >= 11 is 1.55. The van der Waals surface area contributed by atoms with Gasteiger partial charge >= 0.3 is 0 Å². The molecule has 0 bridgehead atoms. The molecule has 0 saturated carbocycles. The second-order valence-corrected chi connectivity index (χ2v) is 8.38. The lowest BCUT2D eigenvalue weighted by Gasteiger charge is -2.16. The van der Waals surface area contributed by atoms with Crippen LogP contribution in [0.4, 0.5) is 0 Å². The number of amides is 1. The molecular formula is C20H27N3OS. The van der Waals surface area contributed by atoms with Crippen LogP contribution < -0.4 is 5.32 Å². The van der Waals surface area contributed by atoms with Crippen molar-refractivity contribution in [3.05, 3.63) is 51.5 Å². The Balaban J connectivity index is 1.54. The normalized spacial score (nSPS) is 18.0. The van der Waals surface area contributed by atoms with Crippen molar-refractivity contribution < 1.29 is 4.79 Å². The number of thiazole rings is 1. The zero-order chi connectivity index (χ0) is 17.8. The highest BCUT2D eigenvalue weighted by Crippen LogP contribution is 2.21. The summed E-state index contributed by atoms with van der Waals surface area (Å²) < 4.78 is 0. The van der Waals surface area contributed by atoms with Crippen LogP contribution in [0.5, 0.6) is 0 Å². The molecule has 2 heterocycles. The van der Waals surface area contributed by atoms with Crippen LogP contribution >= 0.6 is 11.3 Å². The van der Waals surface area contributed by atoms with E-state index in [2.05, 4.69) is 53.3 Å². The zero-order valence-corrected chi connectivity index (χ0v) is 16.1. The summed E-state index contributed by atoms with van der Waals surface area (Å²) in [6, 6.07) is 10.7. The molecular weight excluding hydrogens is 330 g/mol. The van der Waals surface area contributed by atoms with Crippen molar-refractivity contribution in [2.75, 3.05) is 13.1 Å². The van der Waals surface area contributed by atoms with Gasteiger partial charge in [-0.25, -0.2) is 4.98 Å². The molecule has 1 aromatic heterocycles. The van der Waals surface area contributed by atoms with Gasteiger partial charge in [-0.2, -0.15) is 0 Å².